The first kappa shape index (κ1) is 22.6. The van der Waals surface area contributed by atoms with Gasteiger partial charge < -0.3 is 19.9 Å². The molecule has 2 heterocycles. The van der Waals surface area contributed by atoms with Crippen LogP contribution in [0.3, 0.4) is 0 Å². The van der Waals surface area contributed by atoms with E-state index in [0.29, 0.717) is 16.6 Å². The summed E-state index contributed by atoms with van der Waals surface area (Å²) in [7, 11) is 1.63. The van der Waals surface area contributed by atoms with Gasteiger partial charge in [-0.25, -0.2) is 0 Å². The molecule has 0 atom stereocenters. The minimum atomic E-state index is 0.0166. The van der Waals surface area contributed by atoms with Gasteiger partial charge in [0.15, 0.2) is 0 Å². The zero-order chi connectivity index (χ0) is 22.5. The SMILES string of the molecule is COc1ccc(NC(=O)C2CCN(C3CCN(C(=O)c4ccccc4Cl)CC3)CC2)cc1. The lowest BCUT2D eigenvalue weighted by Crippen LogP contribution is -2.49. The molecule has 7 heteroatoms. The van der Waals surface area contributed by atoms with E-state index in [2.05, 4.69) is 10.2 Å². The van der Waals surface area contributed by atoms with Crippen molar-refractivity contribution in [2.24, 2.45) is 5.92 Å². The highest BCUT2D eigenvalue weighted by molar-refractivity contribution is 6.33. The third kappa shape index (κ3) is 5.25. The van der Waals surface area contributed by atoms with E-state index in [1.54, 1.807) is 19.2 Å². The summed E-state index contributed by atoms with van der Waals surface area (Å²) < 4.78 is 5.16. The van der Waals surface area contributed by atoms with Crippen molar-refractivity contribution in [3.63, 3.8) is 0 Å². The number of amides is 2. The first-order valence-electron chi connectivity index (χ1n) is 11.3. The van der Waals surface area contributed by atoms with Crippen molar-refractivity contribution in [3.8, 4) is 5.75 Å². The molecule has 2 amide bonds. The molecule has 2 fully saturated rings. The normalized spacial score (nSPS) is 18.4. The van der Waals surface area contributed by atoms with E-state index < -0.39 is 0 Å². The molecule has 0 spiro atoms. The molecular formula is C25H30ClN3O3. The molecule has 0 saturated carbocycles. The Morgan fingerprint density at radius 2 is 1.59 bits per heavy atom. The largest absolute Gasteiger partial charge is 0.497 e. The van der Waals surface area contributed by atoms with Crippen LogP contribution in [-0.2, 0) is 4.79 Å². The van der Waals surface area contributed by atoms with Gasteiger partial charge in [-0.1, -0.05) is 23.7 Å². The maximum Gasteiger partial charge on any atom is 0.255 e. The average Bonchev–Trinajstić information content (AvgIpc) is 2.84. The molecule has 4 rings (SSSR count). The first-order chi connectivity index (χ1) is 15.5. The Morgan fingerprint density at radius 1 is 0.938 bits per heavy atom. The number of ether oxygens (including phenoxy) is 1. The zero-order valence-corrected chi connectivity index (χ0v) is 19.2. The molecule has 0 aromatic heterocycles. The minimum absolute atomic E-state index is 0.0166. The molecule has 6 nitrogen and oxygen atoms in total. The lowest BCUT2D eigenvalue weighted by atomic mass is 9.92. The Balaban J connectivity index is 1.23. The van der Waals surface area contributed by atoms with Crippen LogP contribution in [-0.4, -0.2) is 60.9 Å². The molecular weight excluding hydrogens is 426 g/mol. The number of carbonyl (C=O) groups is 2. The molecule has 2 saturated heterocycles. The van der Waals surface area contributed by atoms with Crippen molar-refractivity contribution in [2.45, 2.75) is 31.7 Å². The van der Waals surface area contributed by atoms with E-state index >= 15 is 0 Å². The van der Waals surface area contributed by atoms with Gasteiger partial charge in [0.1, 0.15) is 5.75 Å². The second-order valence-corrected chi connectivity index (χ2v) is 8.94. The number of hydrogen-bond donors (Lipinski definition) is 1. The quantitative estimate of drug-likeness (QED) is 0.730. The third-order valence-electron chi connectivity index (χ3n) is 6.63. The Bertz CT molecular complexity index is 934. The van der Waals surface area contributed by atoms with E-state index in [0.717, 1.165) is 63.3 Å². The Kier molecular flexibility index (Phi) is 7.33. The van der Waals surface area contributed by atoms with Gasteiger partial charge in [-0.2, -0.15) is 0 Å². The highest BCUT2D eigenvalue weighted by atomic mass is 35.5. The number of nitrogens with one attached hydrogen (secondary N) is 1. The lowest BCUT2D eigenvalue weighted by Gasteiger charge is -2.41. The number of methoxy groups -OCH3 is 1. The van der Waals surface area contributed by atoms with Gasteiger partial charge in [0.25, 0.3) is 5.91 Å². The van der Waals surface area contributed by atoms with Crippen molar-refractivity contribution in [1.29, 1.82) is 0 Å². The number of halogens is 1. The maximum atomic E-state index is 12.8. The molecule has 0 aliphatic carbocycles. The molecule has 0 radical (unpaired) electrons. The van der Waals surface area contributed by atoms with Crippen molar-refractivity contribution in [3.05, 3.63) is 59.1 Å². The molecule has 32 heavy (non-hydrogen) atoms. The molecule has 2 aliphatic heterocycles. The van der Waals surface area contributed by atoms with Crippen LogP contribution in [0.2, 0.25) is 5.02 Å². The smallest absolute Gasteiger partial charge is 0.255 e. The molecule has 2 aromatic carbocycles. The standard InChI is InChI=1S/C25H30ClN3O3/c1-32-21-8-6-19(7-9-21)27-24(30)18-10-14-28(15-11-18)20-12-16-29(17-13-20)25(31)22-4-2-3-5-23(22)26/h2-9,18,20H,10-17H2,1H3,(H,27,30). The summed E-state index contributed by atoms with van der Waals surface area (Å²) in [6.45, 7) is 3.33. The summed E-state index contributed by atoms with van der Waals surface area (Å²) in [6, 6.07) is 15.1. The fraction of sp³-hybridized carbons (Fsp3) is 0.440. The third-order valence-corrected chi connectivity index (χ3v) is 6.96. The monoisotopic (exact) mass is 455 g/mol. The highest BCUT2D eigenvalue weighted by Crippen LogP contribution is 2.27. The molecule has 0 bridgehead atoms. The van der Waals surface area contributed by atoms with E-state index in [1.165, 1.54) is 0 Å². The number of benzene rings is 2. The van der Waals surface area contributed by atoms with Crippen molar-refractivity contribution in [1.82, 2.24) is 9.80 Å². The number of nitrogens with zero attached hydrogens (tertiary/aromatic N) is 2. The van der Waals surface area contributed by atoms with Crippen LogP contribution in [0.4, 0.5) is 5.69 Å². The predicted octanol–water partition coefficient (Wildman–Crippen LogP) is 4.30. The van der Waals surface area contributed by atoms with Gasteiger partial charge >= 0.3 is 0 Å². The summed E-state index contributed by atoms with van der Waals surface area (Å²) in [6.07, 6.45) is 3.64. The number of piperidine rings is 2. The van der Waals surface area contributed by atoms with Gasteiger partial charge in [-0.15, -0.1) is 0 Å². The number of carbonyl (C=O) groups excluding carboxylic acids is 2. The molecule has 2 aliphatic rings. The van der Waals surface area contributed by atoms with Crippen LogP contribution in [0.5, 0.6) is 5.75 Å². The van der Waals surface area contributed by atoms with Crippen LogP contribution in [0.1, 0.15) is 36.0 Å². The van der Waals surface area contributed by atoms with Gasteiger partial charge in [-0.05, 0) is 75.2 Å². The average molecular weight is 456 g/mol. The van der Waals surface area contributed by atoms with E-state index in [4.69, 9.17) is 16.3 Å². The molecule has 0 unspecified atom stereocenters. The summed E-state index contributed by atoms with van der Waals surface area (Å²) in [5.41, 5.74) is 1.38. The maximum absolute atomic E-state index is 12.8. The summed E-state index contributed by atoms with van der Waals surface area (Å²) in [4.78, 5) is 29.9. The van der Waals surface area contributed by atoms with Crippen LogP contribution in [0, 0.1) is 5.92 Å². The fourth-order valence-electron chi connectivity index (χ4n) is 4.68. The number of likely N-dealkylation sites (tertiary alicyclic amines) is 2. The highest BCUT2D eigenvalue weighted by Gasteiger charge is 2.32. The molecule has 1 N–H and O–H groups in total. The number of anilines is 1. The summed E-state index contributed by atoms with van der Waals surface area (Å²) in [5.74, 6) is 0.920. The van der Waals surface area contributed by atoms with Gasteiger partial charge in [0, 0.05) is 30.7 Å². The number of rotatable bonds is 5. The zero-order valence-electron chi connectivity index (χ0n) is 18.4. The number of hydrogen-bond acceptors (Lipinski definition) is 4. The Morgan fingerprint density at radius 3 is 2.22 bits per heavy atom. The van der Waals surface area contributed by atoms with Crippen LogP contribution >= 0.6 is 11.6 Å². The van der Waals surface area contributed by atoms with Gasteiger partial charge in [-0.3, -0.25) is 9.59 Å². The first-order valence-corrected chi connectivity index (χ1v) is 11.7. The topological polar surface area (TPSA) is 61.9 Å². The minimum Gasteiger partial charge on any atom is -0.497 e. The van der Waals surface area contributed by atoms with Gasteiger partial charge in [0.2, 0.25) is 5.91 Å². The second-order valence-electron chi connectivity index (χ2n) is 8.53. The predicted molar refractivity (Wildman–Crippen MR) is 126 cm³/mol. The van der Waals surface area contributed by atoms with E-state index in [1.807, 2.05) is 41.3 Å². The van der Waals surface area contributed by atoms with E-state index in [-0.39, 0.29) is 17.7 Å². The lowest BCUT2D eigenvalue weighted by molar-refractivity contribution is -0.121. The van der Waals surface area contributed by atoms with Crippen LogP contribution in [0.25, 0.3) is 0 Å². The van der Waals surface area contributed by atoms with Crippen LogP contribution < -0.4 is 10.1 Å². The van der Waals surface area contributed by atoms with Gasteiger partial charge in [0.05, 0.1) is 17.7 Å². The van der Waals surface area contributed by atoms with E-state index in [9.17, 15) is 9.59 Å². The van der Waals surface area contributed by atoms with Crippen molar-refractivity contribution >= 4 is 29.1 Å². The Hall–Kier alpha value is -2.57. The molecule has 170 valence electrons. The molecule has 2 aromatic rings. The summed E-state index contributed by atoms with van der Waals surface area (Å²) in [5, 5.41) is 3.54. The second kappa shape index (κ2) is 10.4. The van der Waals surface area contributed by atoms with Crippen molar-refractivity contribution < 1.29 is 14.3 Å². The van der Waals surface area contributed by atoms with Crippen LogP contribution in [0.15, 0.2) is 48.5 Å². The fourth-order valence-corrected chi connectivity index (χ4v) is 4.90. The van der Waals surface area contributed by atoms with Crippen molar-refractivity contribution in [2.75, 3.05) is 38.6 Å². The summed E-state index contributed by atoms with van der Waals surface area (Å²) >= 11 is 6.20. The Labute approximate surface area is 194 Å².